The molecule has 9 nitrogen and oxygen atoms in total. The van der Waals surface area contributed by atoms with Gasteiger partial charge in [-0.3, -0.25) is 14.6 Å². The molecule has 2 aromatic rings. The van der Waals surface area contributed by atoms with Crippen molar-refractivity contribution in [1.82, 2.24) is 20.3 Å². The molecular formula is C18H22N6O3. The van der Waals surface area contributed by atoms with Crippen LogP contribution in [0.25, 0.3) is 0 Å². The number of carbonyl (C=O) groups excluding carboxylic acids is 1. The third-order valence-electron chi connectivity index (χ3n) is 3.80. The first-order valence-corrected chi connectivity index (χ1v) is 8.53. The van der Waals surface area contributed by atoms with Gasteiger partial charge in [0.1, 0.15) is 5.82 Å². The summed E-state index contributed by atoms with van der Waals surface area (Å²) in [7, 11) is 0. The summed E-state index contributed by atoms with van der Waals surface area (Å²) < 4.78 is 0. The molecule has 1 amide bonds. The largest absolute Gasteiger partial charge is 0.481 e. The van der Waals surface area contributed by atoms with Crippen LogP contribution in [0.5, 0.6) is 0 Å². The summed E-state index contributed by atoms with van der Waals surface area (Å²) in [6.45, 7) is 0. The van der Waals surface area contributed by atoms with Crippen LogP contribution in [0.4, 0.5) is 0 Å². The van der Waals surface area contributed by atoms with Gasteiger partial charge >= 0.3 is 5.97 Å². The predicted octanol–water partition coefficient (Wildman–Crippen LogP) is 1.21. The summed E-state index contributed by atoms with van der Waals surface area (Å²) in [5, 5.41) is 15.2. The van der Waals surface area contributed by atoms with Crippen molar-refractivity contribution in [3.05, 3.63) is 53.9 Å². The normalized spacial score (nSPS) is 12.0. The Labute approximate surface area is 156 Å². The molecule has 0 bridgehead atoms. The molecule has 0 aliphatic carbocycles. The molecular weight excluding hydrogens is 348 g/mol. The van der Waals surface area contributed by atoms with E-state index in [1.165, 1.54) is 6.21 Å². The number of hydrogen-bond donors (Lipinski definition) is 3. The maximum absolute atomic E-state index is 12.2. The maximum Gasteiger partial charge on any atom is 0.305 e. The number of amides is 1. The smallest absolute Gasteiger partial charge is 0.305 e. The van der Waals surface area contributed by atoms with Gasteiger partial charge in [-0.2, -0.15) is 5.10 Å². The molecule has 0 aliphatic heterocycles. The van der Waals surface area contributed by atoms with Crippen molar-refractivity contribution in [2.75, 3.05) is 0 Å². The molecule has 2 heterocycles. The molecule has 0 aromatic carbocycles. The third kappa shape index (κ3) is 7.18. The van der Waals surface area contributed by atoms with Crippen LogP contribution in [-0.4, -0.2) is 38.1 Å². The van der Waals surface area contributed by atoms with E-state index in [4.69, 9.17) is 10.9 Å². The van der Waals surface area contributed by atoms with E-state index in [1.54, 1.807) is 36.9 Å². The molecule has 9 heteroatoms. The number of rotatable bonds is 10. The first-order chi connectivity index (χ1) is 13.1. The lowest BCUT2D eigenvalue weighted by atomic mass is 10.1. The Morgan fingerprint density at radius 1 is 1.26 bits per heavy atom. The number of carboxylic acid groups (broad SMARTS) is 1. The minimum atomic E-state index is -0.982. The summed E-state index contributed by atoms with van der Waals surface area (Å²) in [5.74, 6) is 4.57. The van der Waals surface area contributed by atoms with Crippen LogP contribution < -0.4 is 11.2 Å². The van der Waals surface area contributed by atoms with Gasteiger partial charge in [0.25, 0.3) is 0 Å². The third-order valence-corrected chi connectivity index (χ3v) is 3.80. The number of aliphatic carboxylic acids is 1. The molecule has 27 heavy (non-hydrogen) atoms. The van der Waals surface area contributed by atoms with E-state index in [0.29, 0.717) is 30.7 Å². The zero-order chi connectivity index (χ0) is 19.5. The van der Waals surface area contributed by atoms with Gasteiger partial charge in [-0.05, 0) is 24.5 Å². The topological polar surface area (TPSA) is 143 Å². The van der Waals surface area contributed by atoms with Crippen molar-refractivity contribution in [3.63, 3.8) is 0 Å². The Balaban J connectivity index is 1.77. The first-order valence-electron chi connectivity index (χ1n) is 8.53. The number of hydrazone groups is 1. The zero-order valence-corrected chi connectivity index (χ0v) is 14.8. The van der Waals surface area contributed by atoms with Crippen molar-refractivity contribution in [2.45, 2.75) is 38.1 Å². The summed E-state index contributed by atoms with van der Waals surface area (Å²) >= 11 is 0. The summed E-state index contributed by atoms with van der Waals surface area (Å²) in [6, 6.07) is 2.86. The maximum atomic E-state index is 12.2. The fourth-order valence-corrected chi connectivity index (χ4v) is 2.49. The molecule has 0 fully saturated rings. The van der Waals surface area contributed by atoms with Gasteiger partial charge in [0.05, 0.1) is 18.7 Å². The second kappa shape index (κ2) is 10.6. The summed E-state index contributed by atoms with van der Waals surface area (Å²) in [5.41, 5.74) is 1.39. The fourth-order valence-electron chi connectivity index (χ4n) is 2.49. The molecule has 0 radical (unpaired) electrons. The van der Waals surface area contributed by atoms with E-state index in [1.807, 2.05) is 0 Å². The van der Waals surface area contributed by atoms with Crippen molar-refractivity contribution in [3.8, 4) is 0 Å². The number of nitrogens with zero attached hydrogens (tertiary/aromatic N) is 4. The Kier molecular flexibility index (Phi) is 7.83. The Hall–Kier alpha value is -3.36. The summed E-state index contributed by atoms with van der Waals surface area (Å²) in [4.78, 5) is 35.6. The molecule has 0 aliphatic rings. The molecule has 2 rings (SSSR count). The minimum absolute atomic E-state index is 0.191. The van der Waals surface area contributed by atoms with E-state index in [-0.39, 0.29) is 12.3 Å². The second-order valence-electron chi connectivity index (χ2n) is 5.92. The lowest BCUT2D eigenvalue weighted by Gasteiger charge is -2.17. The predicted molar refractivity (Wildman–Crippen MR) is 98.7 cm³/mol. The van der Waals surface area contributed by atoms with E-state index in [0.717, 1.165) is 12.0 Å². The van der Waals surface area contributed by atoms with Gasteiger partial charge in [0.2, 0.25) is 5.91 Å². The number of nitrogens with one attached hydrogen (secondary N) is 1. The Morgan fingerprint density at radius 3 is 2.67 bits per heavy atom. The fraction of sp³-hybridized carbons (Fsp3) is 0.333. The van der Waals surface area contributed by atoms with E-state index < -0.39 is 12.0 Å². The summed E-state index contributed by atoms with van der Waals surface area (Å²) in [6.07, 6.45) is 10.0. The molecule has 2 aromatic heterocycles. The number of aromatic nitrogens is 3. The highest BCUT2D eigenvalue weighted by molar-refractivity contribution is 5.78. The number of carboxylic acids is 1. The monoisotopic (exact) mass is 370 g/mol. The average Bonchev–Trinajstić information content (AvgIpc) is 2.66. The van der Waals surface area contributed by atoms with E-state index in [9.17, 15) is 9.59 Å². The van der Waals surface area contributed by atoms with Crippen molar-refractivity contribution >= 4 is 18.1 Å². The van der Waals surface area contributed by atoms with Gasteiger partial charge in [-0.25, -0.2) is 9.97 Å². The molecule has 1 unspecified atom stereocenters. The number of hydrogen-bond acceptors (Lipinski definition) is 7. The SMILES string of the molecule is NN=Cc1cnc(CCCCC(=O)NC(CC(=O)O)c2cccnc2)nc1. The average molecular weight is 370 g/mol. The van der Waals surface area contributed by atoms with Gasteiger partial charge in [0.15, 0.2) is 0 Å². The van der Waals surface area contributed by atoms with Crippen molar-refractivity contribution in [1.29, 1.82) is 0 Å². The van der Waals surface area contributed by atoms with Crippen molar-refractivity contribution in [2.24, 2.45) is 10.9 Å². The highest BCUT2D eigenvalue weighted by Gasteiger charge is 2.18. The van der Waals surface area contributed by atoms with Gasteiger partial charge in [-0.15, -0.1) is 0 Å². The quantitative estimate of drug-likeness (QED) is 0.247. The van der Waals surface area contributed by atoms with Crippen LogP contribution in [0.2, 0.25) is 0 Å². The highest BCUT2D eigenvalue weighted by Crippen LogP contribution is 2.16. The molecule has 0 spiro atoms. The Morgan fingerprint density at radius 2 is 2.04 bits per heavy atom. The van der Waals surface area contributed by atoms with Crippen LogP contribution in [-0.2, 0) is 16.0 Å². The lowest BCUT2D eigenvalue weighted by molar-refractivity contribution is -0.137. The van der Waals surface area contributed by atoms with Crippen LogP contribution in [0.15, 0.2) is 42.0 Å². The minimum Gasteiger partial charge on any atom is -0.481 e. The first kappa shape index (κ1) is 20.0. The highest BCUT2D eigenvalue weighted by atomic mass is 16.4. The van der Waals surface area contributed by atoms with Crippen LogP contribution in [0.3, 0.4) is 0 Å². The molecule has 0 saturated heterocycles. The lowest BCUT2D eigenvalue weighted by Crippen LogP contribution is -2.30. The second-order valence-corrected chi connectivity index (χ2v) is 5.92. The van der Waals surface area contributed by atoms with Crippen LogP contribution in [0, 0.1) is 0 Å². The number of aryl methyl sites for hydroxylation is 1. The van der Waals surface area contributed by atoms with Crippen LogP contribution in [0.1, 0.15) is 48.7 Å². The van der Waals surface area contributed by atoms with Gasteiger partial charge < -0.3 is 16.3 Å². The van der Waals surface area contributed by atoms with Gasteiger partial charge in [-0.1, -0.05) is 6.07 Å². The zero-order valence-electron chi connectivity index (χ0n) is 14.8. The molecule has 142 valence electrons. The number of unbranched alkanes of at least 4 members (excludes halogenated alkanes) is 1. The van der Waals surface area contributed by atoms with Crippen LogP contribution >= 0.6 is 0 Å². The molecule has 4 N–H and O–H groups in total. The number of pyridine rings is 1. The van der Waals surface area contributed by atoms with Crippen molar-refractivity contribution < 1.29 is 14.7 Å². The van der Waals surface area contributed by atoms with E-state index >= 15 is 0 Å². The Bertz CT molecular complexity index is 764. The molecule has 0 saturated carbocycles. The standard InChI is InChI=1S/C18H22N6O3/c19-23-11-13-9-21-16(22-10-13)5-1-2-6-17(25)24-15(8-18(26)27)14-4-3-7-20-12-14/h3-4,7,9-12,15H,1-2,5-6,8,19H2,(H,24,25)(H,26,27). The molecule has 1 atom stereocenters. The van der Waals surface area contributed by atoms with Gasteiger partial charge in [0, 0.05) is 43.2 Å². The number of carbonyl (C=O) groups is 2. The number of nitrogens with two attached hydrogens (primary N) is 1. The van der Waals surface area contributed by atoms with E-state index in [2.05, 4.69) is 25.4 Å².